The number of amides is 1. The zero-order chi connectivity index (χ0) is 17.4. The molecule has 0 fully saturated rings. The smallest absolute Gasteiger partial charge is 0.259 e. The van der Waals surface area contributed by atoms with Crippen molar-refractivity contribution in [3.8, 4) is 11.5 Å². The van der Waals surface area contributed by atoms with E-state index in [1.54, 1.807) is 18.2 Å². The Bertz CT molecular complexity index is 729. The van der Waals surface area contributed by atoms with E-state index >= 15 is 0 Å². The van der Waals surface area contributed by atoms with Gasteiger partial charge in [0.05, 0.1) is 19.4 Å². The molecule has 2 aromatic rings. The summed E-state index contributed by atoms with van der Waals surface area (Å²) in [5.74, 6) is 0.0948. The van der Waals surface area contributed by atoms with Crippen molar-refractivity contribution >= 4 is 17.8 Å². The Morgan fingerprint density at radius 2 is 2.08 bits per heavy atom. The third-order valence-electron chi connectivity index (χ3n) is 3.19. The summed E-state index contributed by atoms with van der Waals surface area (Å²) in [7, 11) is 0. The molecule has 0 aliphatic heterocycles. The molecule has 0 unspecified atom stereocenters. The van der Waals surface area contributed by atoms with Crippen molar-refractivity contribution < 1.29 is 14.6 Å². The maximum atomic E-state index is 11.8. The lowest BCUT2D eigenvalue weighted by Crippen LogP contribution is -2.25. The molecule has 0 bridgehead atoms. The highest BCUT2D eigenvalue weighted by atomic mass is 16.5. The van der Waals surface area contributed by atoms with Crippen LogP contribution >= 0.6 is 0 Å². The molecule has 24 heavy (non-hydrogen) atoms. The summed E-state index contributed by atoms with van der Waals surface area (Å²) in [6.07, 6.45) is 1.38. The van der Waals surface area contributed by atoms with Crippen LogP contribution in [0.25, 0.3) is 0 Å². The fourth-order valence-electron chi connectivity index (χ4n) is 2.07. The van der Waals surface area contributed by atoms with Crippen LogP contribution < -0.4 is 15.5 Å². The Kier molecular flexibility index (Phi) is 6.19. The molecule has 0 saturated heterocycles. The van der Waals surface area contributed by atoms with Gasteiger partial charge in [-0.1, -0.05) is 18.2 Å². The number of carbonyl (C=O) groups is 1. The Morgan fingerprint density at radius 3 is 2.83 bits per heavy atom. The van der Waals surface area contributed by atoms with Crippen LogP contribution in [0.3, 0.4) is 0 Å². The number of carbonyl (C=O) groups excluding carboxylic acids is 1. The number of hydrogen-bond donors (Lipinski definition) is 3. The molecule has 0 heterocycles. The topological polar surface area (TPSA) is 83.0 Å². The van der Waals surface area contributed by atoms with Crippen molar-refractivity contribution in [3.05, 3.63) is 53.6 Å². The molecule has 6 heteroatoms. The number of anilines is 1. The van der Waals surface area contributed by atoms with Gasteiger partial charge in [-0.15, -0.1) is 0 Å². The van der Waals surface area contributed by atoms with Gasteiger partial charge in [0.15, 0.2) is 11.5 Å². The van der Waals surface area contributed by atoms with Crippen molar-refractivity contribution in [2.24, 2.45) is 5.10 Å². The first kappa shape index (κ1) is 17.3. The Balaban J connectivity index is 1.87. The van der Waals surface area contributed by atoms with Gasteiger partial charge in [0, 0.05) is 11.3 Å². The Hall–Kier alpha value is -3.02. The van der Waals surface area contributed by atoms with E-state index < -0.39 is 0 Å². The second kappa shape index (κ2) is 8.57. The monoisotopic (exact) mass is 327 g/mol. The number of nitrogens with zero attached hydrogens (tertiary/aromatic N) is 1. The molecule has 2 aromatic carbocycles. The van der Waals surface area contributed by atoms with Gasteiger partial charge in [0.2, 0.25) is 0 Å². The predicted molar refractivity (Wildman–Crippen MR) is 94.7 cm³/mol. The summed E-state index contributed by atoms with van der Waals surface area (Å²) in [6, 6.07) is 12.8. The van der Waals surface area contributed by atoms with Crippen LogP contribution in [0.4, 0.5) is 5.69 Å². The van der Waals surface area contributed by atoms with Crippen LogP contribution in [-0.4, -0.2) is 30.4 Å². The second-order valence-electron chi connectivity index (χ2n) is 5.14. The fraction of sp³-hybridized carbons (Fsp3) is 0.222. The van der Waals surface area contributed by atoms with Crippen LogP contribution in [-0.2, 0) is 4.79 Å². The first-order chi connectivity index (χ1) is 11.6. The van der Waals surface area contributed by atoms with E-state index in [0.29, 0.717) is 17.9 Å². The largest absolute Gasteiger partial charge is 0.504 e. The zero-order valence-electron chi connectivity index (χ0n) is 13.7. The molecule has 0 saturated carbocycles. The molecule has 3 N–H and O–H groups in total. The Labute approximate surface area is 141 Å². The zero-order valence-corrected chi connectivity index (χ0v) is 13.7. The average molecular weight is 327 g/mol. The maximum Gasteiger partial charge on any atom is 0.259 e. The fourth-order valence-corrected chi connectivity index (χ4v) is 2.07. The summed E-state index contributed by atoms with van der Waals surface area (Å²) < 4.78 is 5.29. The van der Waals surface area contributed by atoms with Crippen molar-refractivity contribution in [1.29, 1.82) is 0 Å². The summed E-state index contributed by atoms with van der Waals surface area (Å²) in [5.41, 5.74) is 4.86. The third-order valence-corrected chi connectivity index (χ3v) is 3.19. The predicted octanol–water partition coefficient (Wildman–Crippen LogP) is 2.66. The van der Waals surface area contributed by atoms with Crippen LogP contribution in [0.2, 0.25) is 0 Å². The minimum atomic E-state index is -0.284. The molecule has 0 spiro atoms. The number of ether oxygens (including phenoxy) is 1. The van der Waals surface area contributed by atoms with Crippen LogP contribution in [0.1, 0.15) is 18.1 Å². The van der Waals surface area contributed by atoms with Crippen molar-refractivity contribution in [2.45, 2.75) is 13.8 Å². The number of phenols is 1. The number of aryl methyl sites for hydroxylation is 1. The summed E-state index contributed by atoms with van der Waals surface area (Å²) >= 11 is 0. The summed E-state index contributed by atoms with van der Waals surface area (Å²) in [5, 5.41) is 16.9. The van der Waals surface area contributed by atoms with Gasteiger partial charge in [-0.05, 0) is 43.7 Å². The number of nitrogens with one attached hydrogen (secondary N) is 2. The van der Waals surface area contributed by atoms with E-state index in [4.69, 9.17) is 4.74 Å². The number of aromatic hydroxyl groups is 1. The minimum absolute atomic E-state index is 0.00441. The molecular formula is C18H21N3O3. The van der Waals surface area contributed by atoms with Crippen LogP contribution in [0.15, 0.2) is 47.6 Å². The van der Waals surface area contributed by atoms with Crippen LogP contribution in [0, 0.1) is 6.92 Å². The molecule has 2 rings (SSSR count). The standard InChI is InChI=1S/C18H21N3O3/c1-3-24-16-9-5-7-14(18(16)23)11-20-21-17(22)12-19-15-8-4-6-13(2)10-15/h4-11,19,23H,3,12H2,1-2H3,(H,21,22)/b20-11-. The SMILES string of the molecule is CCOc1cccc(/C=N\NC(=O)CNc2cccc(C)c2)c1O. The van der Waals surface area contributed by atoms with E-state index in [1.807, 2.05) is 38.1 Å². The number of hydrogen-bond acceptors (Lipinski definition) is 5. The van der Waals surface area contributed by atoms with Crippen LogP contribution in [0.5, 0.6) is 11.5 Å². The maximum absolute atomic E-state index is 11.8. The van der Waals surface area contributed by atoms with Gasteiger partial charge in [0.25, 0.3) is 5.91 Å². The highest BCUT2D eigenvalue weighted by molar-refractivity contribution is 5.87. The normalized spacial score (nSPS) is 10.6. The van der Waals surface area contributed by atoms with Crippen molar-refractivity contribution in [2.75, 3.05) is 18.5 Å². The third kappa shape index (κ3) is 5.01. The van der Waals surface area contributed by atoms with Gasteiger partial charge >= 0.3 is 0 Å². The van der Waals surface area contributed by atoms with Gasteiger partial charge in [-0.3, -0.25) is 4.79 Å². The first-order valence-corrected chi connectivity index (χ1v) is 7.67. The van der Waals surface area contributed by atoms with Gasteiger partial charge in [-0.2, -0.15) is 5.10 Å². The quantitative estimate of drug-likeness (QED) is 0.539. The van der Waals surface area contributed by atoms with Crippen molar-refractivity contribution in [3.63, 3.8) is 0 Å². The van der Waals surface area contributed by atoms with E-state index in [9.17, 15) is 9.90 Å². The van der Waals surface area contributed by atoms with Gasteiger partial charge in [-0.25, -0.2) is 5.43 Å². The van der Waals surface area contributed by atoms with E-state index in [-0.39, 0.29) is 18.2 Å². The molecule has 0 aliphatic carbocycles. The average Bonchev–Trinajstić information content (AvgIpc) is 2.56. The van der Waals surface area contributed by atoms with E-state index in [1.165, 1.54) is 6.21 Å². The number of phenolic OH excluding ortho intramolecular Hbond substituents is 1. The van der Waals surface area contributed by atoms with Gasteiger partial charge in [0.1, 0.15) is 0 Å². The lowest BCUT2D eigenvalue weighted by Gasteiger charge is -2.07. The van der Waals surface area contributed by atoms with Gasteiger partial charge < -0.3 is 15.2 Å². The summed E-state index contributed by atoms with van der Waals surface area (Å²) in [4.78, 5) is 11.8. The van der Waals surface area contributed by atoms with E-state index in [2.05, 4.69) is 15.8 Å². The number of benzene rings is 2. The molecular weight excluding hydrogens is 306 g/mol. The minimum Gasteiger partial charge on any atom is -0.504 e. The molecule has 126 valence electrons. The molecule has 6 nitrogen and oxygen atoms in total. The van der Waals surface area contributed by atoms with Crippen molar-refractivity contribution in [1.82, 2.24) is 5.43 Å². The lowest BCUT2D eigenvalue weighted by molar-refractivity contribution is -0.119. The number of para-hydroxylation sites is 1. The molecule has 0 radical (unpaired) electrons. The lowest BCUT2D eigenvalue weighted by atomic mass is 10.2. The Morgan fingerprint density at radius 1 is 1.29 bits per heavy atom. The molecule has 1 amide bonds. The number of rotatable bonds is 7. The molecule has 0 aliphatic rings. The highest BCUT2D eigenvalue weighted by Gasteiger charge is 2.06. The highest BCUT2D eigenvalue weighted by Crippen LogP contribution is 2.28. The molecule has 0 aromatic heterocycles. The number of hydrazone groups is 1. The molecule has 0 atom stereocenters. The summed E-state index contributed by atoms with van der Waals surface area (Å²) in [6.45, 7) is 4.38. The second-order valence-corrected chi connectivity index (χ2v) is 5.14. The first-order valence-electron chi connectivity index (χ1n) is 7.67. The van der Waals surface area contributed by atoms with E-state index in [0.717, 1.165) is 11.3 Å².